The van der Waals surface area contributed by atoms with Crippen molar-refractivity contribution in [2.24, 2.45) is 0 Å². The van der Waals surface area contributed by atoms with E-state index >= 15 is 0 Å². The van der Waals surface area contributed by atoms with Gasteiger partial charge in [-0.1, -0.05) is 12.1 Å². The molecule has 1 saturated carbocycles. The smallest absolute Gasteiger partial charge is 0.194 e. The van der Waals surface area contributed by atoms with Gasteiger partial charge in [-0.2, -0.15) is 0 Å². The molecule has 1 aliphatic carbocycles. The van der Waals surface area contributed by atoms with Gasteiger partial charge in [-0.15, -0.1) is 0 Å². The first-order valence-electron chi connectivity index (χ1n) is 6.63. The van der Waals surface area contributed by atoms with E-state index in [1.165, 1.54) is 0 Å². The van der Waals surface area contributed by atoms with E-state index in [0.717, 1.165) is 25.0 Å². The molecule has 21 heavy (non-hydrogen) atoms. The predicted octanol–water partition coefficient (Wildman–Crippen LogP) is 3.73. The highest BCUT2D eigenvalue weighted by Gasteiger charge is 2.24. The lowest BCUT2D eigenvalue weighted by Gasteiger charge is -2.14. The summed E-state index contributed by atoms with van der Waals surface area (Å²) in [5, 5.41) is 10.2. The van der Waals surface area contributed by atoms with Gasteiger partial charge in [-0.25, -0.2) is 13.2 Å². The SMILES string of the molecule is OC(c1cccc(OC2CC2)c1)c1cc(F)c(F)c(F)c1. The Morgan fingerprint density at radius 2 is 1.67 bits per heavy atom. The summed E-state index contributed by atoms with van der Waals surface area (Å²) < 4.78 is 45.0. The molecule has 0 aliphatic heterocycles. The second-order valence-corrected chi connectivity index (χ2v) is 5.09. The average molecular weight is 294 g/mol. The van der Waals surface area contributed by atoms with Gasteiger partial charge in [-0.05, 0) is 48.2 Å². The molecule has 110 valence electrons. The summed E-state index contributed by atoms with van der Waals surface area (Å²) in [5.41, 5.74) is 0.383. The van der Waals surface area contributed by atoms with Gasteiger partial charge in [0.15, 0.2) is 17.5 Å². The Labute approximate surface area is 119 Å². The summed E-state index contributed by atoms with van der Waals surface area (Å²) in [5.74, 6) is -3.60. The Morgan fingerprint density at radius 1 is 1.00 bits per heavy atom. The van der Waals surface area contributed by atoms with E-state index in [9.17, 15) is 18.3 Å². The Bertz CT molecular complexity index is 645. The summed E-state index contributed by atoms with van der Waals surface area (Å²) in [6.07, 6.45) is 0.956. The molecule has 2 nitrogen and oxygen atoms in total. The molecule has 0 saturated heterocycles. The van der Waals surface area contributed by atoms with Gasteiger partial charge in [0.1, 0.15) is 11.9 Å². The van der Waals surface area contributed by atoms with Crippen LogP contribution < -0.4 is 4.74 Å². The van der Waals surface area contributed by atoms with Gasteiger partial charge >= 0.3 is 0 Å². The van der Waals surface area contributed by atoms with E-state index in [4.69, 9.17) is 4.74 Å². The lowest BCUT2D eigenvalue weighted by Crippen LogP contribution is -2.04. The standard InChI is InChI=1S/C16H13F3O2/c17-13-7-10(8-14(18)15(13)19)16(20)9-2-1-3-12(6-9)21-11-4-5-11/h1-3,6-8,11,16,20H,4-5H2. The predicted molar refractivity (Wildman–Crippen MR) is 70.5 cm³/mol. The van der Waals surface area contributed by atoms with Crippen molar-refractivity contribution in [1.82, 2.24) is 0 Å². The van der Waals surface area contributed by atoms with Crippen LogP contribution in [0, 0.1) is 17.5 Å². The van der Waals surface area contributed by atoms with Crippen LogP contribution in [0.15, 0.2) is 36.4 Å². The van der Waals surface area contributed by atoms with Gasteiger partial charge < -0.3 is 9.84 Å². The van der Waals surface area contributed by atoms with Gasteiger partial charge in [-0.3, -0.25) is 0 Å². The zero-order valence-electron chi connectivity index (χ0n) is 11.0. The Balaban J connectivity index is 1.88. The molecule has 2 aromatic carbocycles. The molecule has 1 fully saturated rings. The molecule has 0 bridgehead atoms. The molecule has 0 spiro atoms. The van der Waals surface area contributed by atoms with Crippen molar-refractivity contribution in [3.8, 4) is 5.75 Å². The minimum absolute atomic E-state index is 0.0463. The quantitative estimate of drug-likeness (QED) is 0.871. The first-order chi connectivity index (χ1) is 10.0. The van der Waals surface area contributed by atoms with Crippen LogP contribution in [0.3, 0.4) is 0 Å². The molecule has 1 aliphatic rings. The maximum absolute atomic E-state index is 13.2. The van der Waals surface area contributed by atoms with Gasteiger partial charge in [0.05, 0.1) is 6.10 Å². The molecule has 0 heterocycles. The van der Waals surface area contributed by atoms with Crippen molar-refractivity contribution in [1.29, 1.82) is 0 Å². The summed E-state index contributed by atoms with van der Waals surface area (Å²) in [6, 6.07) is 8.24. The maximum Gasteiger partial charge on any atom is 0.194 e. The highest BCUT2D eigenvalue weighted by atomic mass is 19.2. The molecule has 0 amide bonds. The second-order valence-electron chi connectivity index (χ2n) is 5.09. The minimum Gasteiger partial charge on any atom is -0.490 e. The molecular weight excluding hydrogens is 281 g/mol. The van der Waals surface area contributed by atoms with Crippen LogP contribution in [0.2, 0.25) is 0 Å². The molecule has 2 aromatic rings. The van der Waals surface area contributed by atoms with Crippen molar-refractivity contribution in [3.05, 3.63) is 65.0 Å². The molecule has 5 heteroatoms. The minimum atomic E-state index is -1.54. The third-order valence-electron chi connectivity index (χ3n) is 3.32. The number of aliphatic hydroxyl groups is 1. The van der Waals surface area contributed by atoms with Gasteiger partial charge in [0, 0.05) is 0 Å². The third kappa shape index (κ3) is 3.03. The second kappa shape index (κ2) is 5.41. The average Bonchev–Trinajstić information content (AvgIpc) is 3.27. The van der Waals surface area contributed by atoms with Gasteiger partial charge in [0.25, 0.3) is 0 Å². The summed E-state index contributed by atoms with van der Waals surface area (Å²) in [7, 11) is 0. The summed E-state index contributed by atoms with van der Waals surface area (Å²) in [4.78, 5) is 0. The number of halogens is 3. The molecular formula is C16H13F3O2. The van der Waals surface area contributed by atoms with Crippen LogP contribution in [-0.4, -0.2) is 11.2 Å². The zero-order valence-corrected chi connectivity index (χ0v) is 11.0. The van der Waals surface area contributed by atoms with Crippen molar-refractivity contribution >= 4 is 0 Å². The van der Waals surface area contributed by atoms with Crippen LogP contribution in [0.4, 0.5) is 13.2 Å². The fourth-order valence-electron chi connectivity index (χ4n) is 2.06. The first kappa shape index (κ1) is 13.9. The summed E-state index contributed by atoms with van der Waals surface area (Å²) in [6.45, 7) is 0. The van der Waals surface area contributed by atoms with Crippen LogP contribution in [0.25, 0.3) is 0 Å². The van der Waals surface area contributed by atoms with Crippen LogP contribution in [0.5, 0.6) is 5.75 Å². The lowest BCUT2D eigenvalue weighted by molar-refractivity contribution is 0.217. The highest BCUT2D eigenvalue weighted by molar-refractivity contribution is 5.36. The monoisotopic (exact) mass is 294 g/mol. The lowest BCUT2D eigenvalue weighted by atomic mass is 10.0. The number of hydrogen-bond donors (Lipinski definition) is 1. The largest absolute Gasteiger partial charge is 0.490 e. The topological polar surface area (TPSA) is 29.5 Å². The van der Waals surface area contributed by atoms with Crippen LogP contribution in [-0.2, 0) is 0 Å². The molecule has 0 aromatic heterocycles. The van der Waals surface area contributed by atoms with E-state index in [1.54, 1.807) is 24.3 Å². The number of benzene rings is 2. The van der Waals surface area contributed by atoms with Crippen LogP contribution in [0.1, 0.15) is 30.1 Å². The molecule has 1 atom stereocenters. The Hall–Kier alpha value is -2.01. The van der Waals surface area contributed by atoms with Crippen molar-refractivity contribution < 1.29 is 23.0 Å². The zero-order chi connectivity index (χ0) is 15.0. The molecule has 1 unspecified atom stereocenters. The van der Waals surface area contributed by atoms with E-state index in [0.29, 0.717) is 11.3 Å². The third-order valence-corrected chi connectivity index (χ3v) is 3.32. The fraction of sp³-hybridized carbons (Fsp3) is 0.250. The normalized spacial score (nSPS) is 15.8. The van der Waals surface area contributed by atoms with E-state index in [2.05, 4.69) is 0 Å². The number of ether oxygens (including phenoxy) is 1. The number of aliphatic hydroxyl groups excluding tert-OH is 1. The van der Waals surface area contributed by atoms with Crippen LogP contribution >= 0.6 is 0 Å². The van der Waals surface area contributed by atoms with Crippen molar-refractivity contribution in [2.75, 3.05) is 0 Å². The first-order valence-corrected chi connectivity index (χ1v) is 6.63. The number of rotatable bonds is 4. The Morgan fingerprint density at radius 3 is 2.29 bits per heavy atom. The van der Waals surface area contributed by atoms with Crippen molar-refractivity contribution in [3.63, 3.8) is 0 Å². The molecule has 1 N–H and O–H groups in total. The highest BCUT2D eigenvalue weighted by Crippen LogP contribution is 2.30. The van der Waals surface area contributed by atoms with E-state index < -0.39 is 23.6 Å². The fourth-order valence-corrected chi connectivity index (χ4v) is 2.06. The molecule has 0 radical (unpaired) electrons. The molecule has 3 rings (SSSR count). The number of hydrogen-bond acceptors (Lipinski definition) is 2. The van der Waals surface area contributed by atoms with Gasteiger partial charge in [0.2, 0.25) is 0 Å². The van der Waals surface area contributed by atoms with E-state index in [1.807, 2.05) is 0 Å². The summed E-state index contributed by atoms with van der Waals surface area (Å²) >= 11 is 0. The Kier molecular flexibility index (Phi) is 3.59. The van der Waals surface area contributed by atoms with E-state index in [-0.39, 0.29) is 11.7 Å². The maximum atomic E-state index is 13.2. The van der Waals surface area contributed by atoms with Crippen molar-refractivity contribution in [2.45, 2.75) is 25.0 Å².